The lowest BCUT2D eigenvalue weighted by atomic mass is 10.0. The predicted octanol–water partition coefficient (Wildman–Crippen LogP) is 3.89. The highest BCUT2D eigenvalue weighted by atomic mass is 19.1. The van der Waals surface area contributed by atoms with Crippen molar-refractivity contribution in [2.24, 2.45) is 4.99 Å². The highest BCUT2D eigenvalue weighted by molar-refractivity contribution is 5.74. The van der Waals surface area contributed by atoms with Crippen molar-refractivity contribution in [1.29, 1.82) is 0 Å². The summed E-state index contributed by atoms with van der Waals surface area (Å²) in [6.45, 7) is 11.1. The Hall–Kier alpha value is -1.44. The van der Waals surface area contributed by atoms with Crippen LogP contribution < -0.4 is 0 Å². The molecule has 0 saturated carbocycles. The molecular weight excluding hydrogens is 177 g/mol. The second kappa shape index (κ2) is 4.18. The highest BCUT2D eigenvalue weighted by Gasteiger charge is 2.07. The van der Waals surface area contributed by atoms with E-state index >= 15 is 0 Å². The summed E-state index contributed by atoms with van der Waals surface area (Å²) in [6, 6.07) is 3.17. The molecule has 0 saturated heterocycles. The molecule has 0 unspecified atom stereocenters. The van der Waals surface area contributed by atoms with Crippen molar-refractivity contribution in [1.82, 2.24) is 0 Å². The van der Waals surface area contributed by atoms with Gasteiger partial charge in [-0.1, -0.05) is 13.5 Å². The predicted molar refractivity (Wildman–Crippen MR) is 59.7 cm³/mol. The Kier molecular flexibility index (Phi) is 3.18. The van der Waals surface area contributed by atoms with E-state index in [2.05, 4.69) is 18.3 Å². The lowest BCUT2D eigenvalue weighted by Crippen LogP contribution is -1.88. The zero-order valence-corrected chi connectivity index (χ0v) is 8.60. The average molecular weight is 191 g/mol. The molecule has 0 aliphatic carbocycles. The third kappa shape index (κ3) is 1.90. The van der Waals surface area contributed by atoms with E-state index in [0.29, 0.717) is 11.3 Å². The van der Waals surface area contributed by atoms with Crippen LogP contribution in [-0.2, 0) is 0 Å². The number of aryl methyl sites for hydroxylation is 1. The third-order valence-electron chi connectivity index (χ3n) is 2.25. The number of hydrogen-bond acceptors (Lipinski definition) is 1. The van der Waals surface area contributed by atoms with Gasteiger partial charge in [-0.15, -0.1) is 0 Å². The number of hydrogen-bond donors (Lipinski definition) is 0. The van der Waals surface area contributed by atoms with E-state index in [-0.39, 0.29) is 5.82 Å². The summed E-state index contributed by atoms with van der Waals surface area (Å²) >= 11 is 0. The Morgan fingerprint density at radius 1 is 1.50 bits per heavy atom. The van der Waals surface area contributed by atoms with Gasteiger partial charge in [0.25, 0.3) is 0 Å². The van der Waals surface area contributed by atoms with Gasteiger partial charge in [-0.3, -0.25) is 4.99 Å². The minimum atomic E-state index is -0.250. The van der Waals surface area contributed by atoms with Crippen LogP contribution in [0.5, 0.6) is 0 Å². The molecule has 0 amide bonds. The molecule has 0 aliphatic heterocycles. The van der Waals surface area contributed by atoms with Crippen molar-refractivity contribution in [3.05, 3.63) is 35.7 Å². The number of aliphatic imine (C=N–C) groups is 1. The van der Waals surface area contributed by atoms with Crippen LogP contribution in [0, 0.1) is 12.7 Å². The summed E-state index contributed by atoms with van der Waals surface area (Å²) in [5.74, 6) is -0.250. The zero-order chi connectivity index (χ0) is 10.7. The molecule has 0 aliphatic rings. The number of rotatable bonds is 3. The minimum Gasteiger partial charge on any atom is -0.264 e. The maximum absolute atomic E-state index is 13.2. The first-order chi connectivity index (χ1) is 6.60. The Labute approximate surface area is 84.0 Å². The van der Waals surface area contributed by atoms with Gasteiger partial charge >= 0.3 is 0 Å². The van der Waals surface area contributed by atoms with E-state index in [4.69, 9.17) is 0 Å². The molecule has 0 atom stereocenters. The van der Waals surface area contributed by atoms with Gasteiger partial charge in [0.1, 0.15) is 5.82 Å². The summed E-state index contributed by atoms with van der Waals surface area (Å²) in [5, 5.41) is 0. The highest BCUT2D eigenvalue weighted by Crippen LogP contribution is 2.29. The van der Waals surface area contributed by atoms with Crippen molar-refractivity contribution in [2.75, 3.05) is 0 Å². The van der Waals surface area contributed by atoms with Crippen LogP contribution in [0.2, 0.25) is 0 Å². The summed E-state index contributed by atoms with van der Waals surface area (Å²) < 4.78 is 13.2. The van der Waals surface area contributed by atoms with Crippen LogP contribution >= 0.6 is 0 Å². The van der Waals surface area contributed by atoms with E-state index in [9.17, 15) is 4.39 Å². The van der Waals surface area contributed by atoms with Crippen LogP contribution in [0.25, 0.3) is 5.57 Å². The normalized spacial score (nSPS) is 9.93. The van der Waals surface area contributed by atoms with Crippen molar-refractivity contribution in [2.45, 2.75) is 20.3 Å². The minimum absolute atomic E-state index is 0.250. The molecule has 0 spiro atoms. The van der Waals surface area contributed by atoms with Gasteiger partial charge in [0, 0.05) is 11.6 Å². The standard InChI is InChI=1S/C12H14FN/c1-5-8(2)10-6-9(3)11(13)7-12(10)14-4/h6-7H,2,4-5H2,1,3H3. The smallest absolute Gasteiger partial charge is 0.128 e. The Morgan fingerprint density at radius 2 is 2.14 bits per heavy atom. The molecule has 1 nitrogen and oxygen atoms in total. The molecule has 0 N–H and O–H groups in total. The van der Waals surface area contributed by atoms with Crippen LogP contribution in [-0.4, -0.2) is 6.72 Å². The summed E-state index contributed by atoms with van der Waals surface area (Å²) in [7, 11) is 0. The maximum atomic E-state index is 13.2. The molecule has 74 valence electrons. The van der Waals surface area contributed by atoms with Gasteiger partial charge in [0.2, 0.25) is 0 Å². The molecule has 1 aromatic carbocycles. The first-order valence-corrected chi connectivity index (χ1v) is 4.55. The van der Waals surface area contributed by atoms with Crippen molar-refractivity contribution >= 4 is 18.0 Å². The zero-order valence-electron chi connectivity index (χ0n) is 8.60. The largest absolute Gasteiger partial charge is 0.264 e. The number of nitrogens with zero attached hydrogens (tertiary/aromatic N) is 1. The topological polar surface area (TPSA) is 12.4 Å². The van der Waals surface area contributed by atoms with E-state index in [1.807, 2.05) is 6.92 Å². The molecule has 0 aromatic heterocycles. The summed E-state index contributed by atoms with van der Waals surface area (Å²) in [4.78, 5) is 3.79. The Morgan fingerprint density at radius 3 is 2.64 bits per heavy atom. The lowest BCUT2D eigenvalue weighted by Gasteiger charge is -2.08. The second-order valence-electron chi connectivity index (χ2n) is 3.23. The molecule has 0 bridgehead atoms. The summed E-state index contributed by atoms with van der Waals surface area (Å²) in [5.41, 5.74) is 3.03. The molecule has 1 aromatic rings. The number of benzene rings is 1. The van der Waals surface area contributed by atoms with Crippen molar-refractivity contribution in [3.8, 4) is 0 Å². The van der Waals surface area contributed by atoms with Crippen LogP contribution in [0.3, 0.4) is 0 Å². The third-order valence-corrected chi connectivity index (χ3v) is 2.25. The quantitative estimate of drug-likeness (QED) is 0.643. The molecule has 2 heteroatoms. The Balaban J connectivity index is 3.34. The van der Waals surface area contributed by atoms with Crippen molar-refractivity contribution < 1.29 is 4.39 Å². The molecule has 1 rings (SSSR count). The van der Waals surface area contributed by atoms with Crippen LogP contribution in [0.15, 0.2) is 23.7 Å². The maximum Gasteiger partial charge on any atom is 0.128 e. The van der Waals surface area contributed by atoms with Gasteiger partial charge in [0.05, 0.1) is 5.69 Å². The van der Waals surface area contributed by atoms with Crippen molar-refractivity contribution in [3.63, 3.8) is 0 Å². The van der Waals surface area contributed by atoms with Gasteiger partial charge in [0.15, 0.2) is 0 Å². The fourth-order valence-corrected chi connectivity index (χ4v) is 1.28. The second-order valence-corrected chi connectivity index (χ2v) is 3.23. The van der Waals surface area contributed by atoms with Gasteiger partial charge < -0.3 is 0 Å². The summed E-state index contributed by atoms with van der Waals surface area (Å²) in [6.07, 6.45) is 0.827. The molecule has 0 radical (unpaired) electrons. The van der Waals surface area contributed by atoms with Gasteiger partial charge in [-0.2, -0.15) is 0 Å². The lowest BCUT2D eigenvalue weighted by molar-refractivity contribution is 0.618. The first kappa shape index (κ1) is 10.6. The van der Waals surface area contributed by atoms with Gasteiger partial charge in [-0.05, 0) is 37.3 Å². The average Bonchev–Trinajstić information content (AvgIpc) is 2.20. The van der Waals surface area contributed by atoms with E-state index in [1.165, 1.54) is 6.07 Å². The SMILES string of the molecule is C=Nc1cc(F)c(C)cc1C(=C)CC. The fourth-order valence-electron chi connectivity index (χ4n) is 1.28. The monoisotopic (exact) mass is 191 g/mol. The molecule has 14 heavy (non-hydrogen) atoms. The van der Waals surface area contributed by atoms with Crippen LogP contribution in [0.4, 0.5) is 10.1 Å². The molecular formula is C12H14FN. The van der Waals surface area contributed by atoms with Crippen LogP contribution in [0.1, 0.15) is 24.5 Å². The Bertz CT molecular complexity index is 380. The van der Waals surface area contributed by atoms with Gasteiger partial charge in [-0.25, -0.2) is 4.39 Å². The van der Waals surface area contributed by atoms with E-state index in [1.54, 1.807) is 13.0 Å². The molecule has 0 fully saturated rings. The first-order valence-electron chi connectivity index (χ1n) is 4.55. The van der Waals surface area contributed by atoms with E-state index < -0.39 is 0 Å². The number of halogens is 1. The van der Waals surface area contributed by atoms with E-state index in [0.717, 1.165) is 17.6 Å². The fraction of sp³-hybridized carbons (Fsp3) is 0.250. The molecule has 0 heterocycles. The number of allylic oxidation sites excluding steroid dienone is 1.